The third-order valence-electron chi connectivity index (χ3n) is 3.43. The van der Waals surface area contributed by atoms with Crippen LogP contribution in [0.2, 0.25) is 0 Å². The van der Waals surface area contributed by atoms with Crippen molar-refractivity contribution >= 4 is 23.5 Å². The second-order valence-corrected chi connectivity index (χ2v) is 6.61. The fourth-order valence-electron chi connectivity index (χ4n) is 2.35. The molecule has 120 valence electrons. The first-order chi connectivity index (χ1) is 12.3. The van der Waals surface area contributed by atoms with Crippen molar-refractivity contribution in [2.75, 3.05) is 0 Å². The van der Waals surface area contributed by atoms with Gasteiger partial charge in [-0.1, -0.05) is 48.5 Å². The van der Waals surface area contributed by atoms with Gasteiger partial charge in [-0.15, -0.1) is 0 Å². The zero-order valence-corrected chi connectivity index (χ0v) is 14.7. The number of para-hydroxylation sites is 1. The van der Waals surface area contributed by atoms with Gasteiger partial charge in [0.15, 0.2) is 0 Å². The van der Waals surface area contributed by atoms with E-state index in [0.717, 1.165) is 45.3 Å². The summed E-state index contributed by atoms with van der Waals surface area (Å²) in [6.45, 7) is 0. The van der Waals surface area contributed by atoms with E-state index < -0.39 is 0 Å². The molecule has 0 unspecified atom stereocenters. The monoisotopic (exact) mass is 360 g/mol. The average molecular weight is 360 g/mol. The van der Waals surface area contributed by atoms with Crippen molar-refractivity contribution in [3.05, 3.63) is 72.8 Å². The predicted octanol–water partition coefficient (Wildman–Crippen LogP) is 6.29. The predicted molar refractivity (Wildman–Crippen MR) is 101 cm³/mol. The van der Waals surface area contributed by atoms with E-state index in [9.17, 15) is 0 Å². The second-order valence-electron chi connectivity index (χ2n) is 4.96. The number of thioether (sulfide) groups is 2. The molecule has 0 aromatic heterocycles. The minimum atomic E-state index is 0.628. The van der Waals surface area contributed by atoms with E-state index in [-0.39, 0.29) is 0 Å². The highest BCUT2D eigenvalue weighted by atomic mass is 32.2. The van der Waals surface area contributed by atoms with E-state index >= 15 is 0 Å². The van der Waals surface area contributed by atoms with Gasteiger partial charge in [-0.25, -0.2) is 0 Å². The molecule has 0 aliphatic heterocycles. The maximum atomic E-state index is 8.97. The molecule has 0 amide bonds. The van der Waals surface area contributed by atoms with Crippen LogP contribution in [0.5, 0.6) is 11.5 Å². The van der Waals surface area contributed by atoms with Crippen molar-refractivity contribution in [1.29, 1.82) is 10.5 Å². The van der Waals surface area contributed by atoms with Crippen molar-refractivity contribution < 1.29 is 4.74 Å². The molecule has 3 aromatic rings. The Morgan fingerprint density at radius 2 is 1.40 bits per heavy atom. The highest BCUT2D eigenvalue weighted by Crippen LogP contribution is 2.37. The van der Waals surface area contributed by atoms with Gasteiger partial charge in [0.2, 0.25) is 0 Å². The first-order valence-electron chi connectivity index (χ1n) is 7.40. The molecular weight excluding hydrogens is 348 g/mol. The first-order valence-corrected chi connectivity index (χ1v) is 9.03. The van der Waals surface area contributed by atoms with Crippen LogP contribution in [-0.2, 0) is 0 Å². The molecular formula is C20H12N2OS2. The molecule has 0 aliphatic carbocycles. The van der Waals surface area contributed by atoms with Gasteiger partial charge in [0.25, 0.3) is 0 Å². The molecule has 0 heterocycles. The molecule has 0 atom stereocenters. The van der Waals surface area contributed by atoms with Crippen molar-refractivity contribution in [2.24, 2.45) is 0 Å². The maximum Gasteiger partial charge on any atom is 0.138 e. The summed E-state index contributed by atoms with van der Waals surface area (Å²) >= 11 is 2.06. The van der Waals surface area contributed by atoms with Crippen LogP contribution in [0, 0.1) is 21.3 Å². The molecule has 3 aromatic carbocycles. The van der Waals surface area contributed by atoms with Crippen LogP contribution in [0.4, 0.5) is 0 Å². The molecule has 0 radical (unpaired) electrons. The number of nitrogens with zero attached hydrogens (tertiary/aromatic N) is 2. The molecule has 0 fully saturated rings. The molecule has 0 saturated carbocycles. The van der Waals surface area contributed by atoms with Crippen LogP contribution in [0.25, 0.3) is 11.1 Å². The summed E-state index contributed by atoms with van der Waals surface area (Å²) in [7, 11) is 0. The van der Waals surface area contributed by atoms with Crippen LogP contribution in [0.1, 0.15) is 0 Å². The molecule has 5 heteroatoms. The Morgan fingerprint density at radius 3 is 2.16 bits per heavy atom. The summed E-state index contributed by atoms with van der Waals surface area (Å²) in [5.74, 6) is 1.37. The molecule has 3 nitrogen and oxygen atoms in total. The number of benzene rings is 3. The van der Waals surface area contributed by atoms with Crippen LogP contribution >= 0.6 is 23.5 Å². The Balaban J connectivity index is 1.95. The summed E-state index contributed by atoms with van der Waals surface area (Å²) in [5.41, 5.74) is 2.06. The second kappa shape index (κ2) is 8.30. The smallest absolute Gasteiger partial charge is 0.138 e. The minimum Gasteiger partial charge on any atom is -0.457 e. The summed E-state index contributed by atoms with van der Waals surface area (Å²) < 4.78 is 6.07. The fraction of sp³-hybridized carbons (Fsp3) is 0. The van der Waals surface area contributed by atoms with Gasteiger partial charge in [0, 0.05) is 15.4 Å². The van der Waals surface area contributed by atoms with Gasteiger partial charge in [-0.05, 0) is 53.4 Å². The summed E-state index contributed by atoms with van der Waals surface area (Å²) in [6.07, 6.45) is 0. The number of nitriles is 2. The van der Waals surface area contributed by atoms with E-state index in [1.165, 1.54) is 0 Å². The fourth-order valence-corrected chi connectivity index (χ4v) is 3.44. The lowest BCUT2D eigenvalue weighted by Gasteiger charge is -2.12. The topological polar surface area (TPSA) is 56.8 Å². The Kier molecular flexibility index (Phi) is 5.64. The van der Waals surface area contributed by atoms with Gasteiger partial charge >= 0.3 is 0 Å². The lowest BCUT2D eigenvalue weighted by atomic mass is 10.1. The normalized spacial score (nSPS) is 9.84. The third-order valence-corrected chi connectivity index (χ3v) is 4.87. The Morgan fingerprint density at radius 1 is 0.720 bits per heavy atom. The number of hydrogen-bond acceptors (Lipinski definition) is 5. The molecule has 0 spiro atoms. The van der Waals surface area contributed by atoms with E-state index in [1.807, 2.05) is 71.5 Å². The van der Waals surface area contributed by atoms with Crippen LogP contribution in [-0.4, -0.2) is 0 Å². The molecule has 0 aliphatic rings. The van der Waals surface area contributed by atoms with E-state index in [2.05, 4.69) is 0 Å². The molecule has 0 saturated heterocycles. The number of hydrogen-bond donors (Lipinski definition) is 0. The minimum absolute atomic E-state index is 0.628. The molecule has 25 heavy (non-hydrogen) atoms. The maximum absolute atomic E-state index is 8.97. The van der Waals surface area contributed by atoms with Gasteiger partial charge < -0.3 is 4.74 Å². The summed E-state index contributed by atoms with van der Waals surface area (Å²) in [6, 6.07) is 23.2. The largest absolute Gasteiger partial charge is 0.457 e. The van der Waals surface area contributed by atoms with Crippen molar-refractivity contribution in [2.45, 2.75) is 9.79 Å². The Labute approximate surface area is 154 Å². The lowest BCUT2D eigenvalue weighted by molar-refractivity contribution is 0.482. The zero-order chi connectivity index (χ0) is 17.5. The lowest BCUT2D eigenvalue weighted by Crippen LogP contribution is -1.89. The summed E-state index contributed by atoms with van der Waals surface area (Å²) in [4.78, 5) is 1.46. The molecule has 0 bridgehead atoms. The SMILES string of the molecule is N#CSc1ccc(Oc2ccccc2-c2ccccc2)cc1SC#N. The van der Waals surface area contributed by atoms with Gasteiger partial charge in [0.1, 0.15) is 22.3 Å². The van der Waals surface area contributed by atoms with Crippen molar-refractivity contribution in [1.82, 2.24) is 0 Å². The Bertz CT molecular complexity index is 959. The quantitative estimate of drug-likeness (QED) is 0.395. The van der Waals surface area contributed by atoms with E-state index in [4.69, 9.17) is 15.3 Å². The standard InChI is InChI=1S/C20H12N2OS2/c21-13-24-19-11-10-16(12-20(19)25-14-22)23-18-9-5-4-8-17(18)15-6-2-1-3-7-15/h1-12H. The highest BCUT2D eigenvalue weighted by molar-refractivity contribution is 8.06. The van der Waals surface area contributed by atoms with E-state index in [1.54, 1.807) is 12.1 Å². The van der Waals surface area contributed by atoms with Gasteiger partial charge in [0.05, 0.1) is 0 Å². The van der Waals surface area contributed by atoms with Gasteiger partial charge in [-0.3, -0.25) is 0 Å². The average Bonchev–Trinajstić information content (AvgIpc) is 2.65. The number of rotatable bonds is 5. The third kappa shape index (κ3) is 4.16. The number of ether oxygens (including phenoxy) is 1. The zero-order valence-electron chi connectivity index (χ0n) is 13.0. The van der Waals surface area contributed by atoms with Crippen molar-refractivity contribution in [3.63, 3.8) is 0 Å². The van der Waals surface area contributed by atoms with Crippen LogP contribution in [0.15, 0.2) is 82.6 Å². The van der Waals surface area contributed by atoms with E-state index in [0.29, 0.717) is 10.6 Å². The summed E-state index contributed by atoms with van der Waals surface area (Å²) in [5, 5.41) is 21.9. The van der Waals surface area contributed by atoms with Gasteiger partial charge in [-0.2, -0.15) is 10.5 Å². The first kappa shape index (κ1) is 17.0. The molecule has 3 rings (SSSR count). The van der Waals surface area contributed by atoms with Crippen molar-refractivity contribution in [3.8, 4) is 33.4 Å². The highest BCUT2D eigenvalue weighted by Gasteiger charge is 2.10. The number of thiocyanates is 2. The molecule has 0 N–H and O–H groups in total. The Hall–Kier alpha value is -2.86. The van der Waals surface area contributed by atoms with Crippen LogP contribution in [0.3, 0.4) is 0 Å². The van der Waals surface area contributed by atoms with Crippen LogP contribution < -0.4 is 4.74 Å².